The van der Waals surface area contributed by atoms with Gasteiger partial charge >= 0.3 is 6.03 Å². The minimum absolute atomic E-state index is 0.0666. The molecule has 0 saturated carbocycles. The van der Waals surface area contributed by atoms with Crippen molar-refractivity contribution in [1.82, 2.24) is 10.1 Å². The molecule has 1 N–H and O–H groups in total. The number of hydrogen-bond donors (Lipinski definition) is 1. The van der Waals surface area contributed by atoms with E-state index in [-0.39, 0.29) is 17.9 Å². The van der Waals surface area contributed by atoms with Gasteiger partial charge in [-0.1, -0.05) is 37.2 Å². The maximum Gasteiger partial charge on any atom is 0.323 e. The predicted octanol–water partition coefficient (Wildman–Crippen LogP) is 3.46. The summed E-state index contributed by atoms with van der Waals surface area (Å²) < 4.78 is 5.19. The van der Waals surface area contributed by atoms with E-state index in [1.54, 1.807) is 18.0 Å². The fourth-order valence-corrected chi connectivity index (χ4v) is 3.04. The van der Waals surface area contributed by atoms with E-state index in [2.05, 4.69) is 10.5 Å². The van der Waals surface area contributed by atoms with Crippen LogP contribution >= 0.6 is 0 Å². The predicted molar refractivity (Wildman–Crippen MR) is 99.2 cm³/mol. The highest BCUT2D eigenvalue weighted by molar-refractivity contribution is 6.01. The minimum Gasteiger partial charge on any atom is -0.359 e. The molecule has 0 radical (unpaired) electrons. The molecule has 1 aliphatic rings. The third-order valence-corrected chi connectivity index (χ3v) is 4.60. The topological polar surface area (TPSA) is 78.7 Å². The maximum atomic E-state index is 12.9. The maximum absolute atomic E-state index is 12.9. The standard InChI is InChI=1S/C19H24N4O3/c1-13(2)16-12-17(21-26-16)20-19(25)22(3)15-10-7-11-23(18(15)24)14-8-5-4-6-9-14/h4-6,8-9,12-13,15H,7,10-11H2,1-3H3,(H,20,21,25). The van der Waals surface area contributed by atoms with Crippen molar-refractivity contribution in [2.24, 2.45) is 0 Å². The number of para-hydroxylation sites is 1. The van der Waals surface area contributed by atoms with Gasteiger partial charge in [0.15, 0.2) is 5.82 Å². The van der Waals surface area contributed by atoms with Crippen molar-refractivity contribution in [1.29, 1.82) is 0 Å². The van der Waals surface area contributed by atoms with Crippen LogP contribution in [-0.2, 0) is 4.79 Å². The molecule has 2 heterocycles. The van der Waals surface area contributed by atoms with E-state index in [1.165, 1.54) is 4.90 Å². The molecule has 1 aliphatic heterocycles. The normalized spacial score (nSPS) is 17.5. The van der Waals surface area contributed by atoms with E-state index in [0.717, 1.165) is 12.1 Å². The van der Waals surface area contributed by atoms with Gasteiger partial charge in [-0.3, -0.25) is 10.1 Å². The summed E-state index contributed by atoms with van der Waals surface area (Å²) in [4.78, 5) is 28.6. The SMILES string of the molecule is CC(C)c1cc(NC(=O)N(C)C2CCCN(c3ccccc3)C2=O)no1. The first-order chi connectivity index (χ1) is 12.5. The quantitative estimate of drug-likeness (QED) is 0.910. The second-order valence-electron chi connectivity index (χ2n) is 6.79. The van der Waals surface area contributed by atoms with Gasteiger partial charge in [0.1, 0.15) is 11.8 Å². The van der Waals surface area contributed by atoms with Crippen LogP contribution in [0.3, 0.4) is 0 Å². The molecule has 138 valence electrons. The number of carbonyl (C=O) groups is 2. The number of benzene rings is 1. The zero-order valence-corrected chi connectivity index (χ0v) is 15.3. The van der Waals surface area contributed by atoms with Crippen molar-refractivity contribution in [2.45, 2.75) is 38.6 Å². The van der Waals surface area contributed by atoms with Crippen molar-refractivity contribution < 1.29 is 14.1 Å². The summed E-state index contributed by atoms with van der Waals surface area (Å²) >= 11 is 0. The summed E-state index contributed by atoms with van der Waals surface area (Å²) in [5.41, 5.74) is 0.856. The third-order valence-electron chi connectivity index (χ3n) is 4.60. The fourth-order valence-electron chi connectivity index (χ4n) is 3.04. The van der Waals surface area contributed by atoms with Crippen LogP contribution in [-0.4, -0.2) is 41.6 Å². The second kappa shape index (κ2) is 7.59. The minimum atomic E-state index is -0.500. The lowest BCUT2D eigenvalue weighted by molar-refractivity contribution is -0.123. The monoisotopic (exact) mass is 356 g/mol. The summed E-state index contributed by atoms with van der Waals surface area (Å²) in [6, 6.07) is 10.4. The summed E-state index contributed by atoms with van der Waals surface area (Å²) in [6.07, 6.45) is 1.48. The van der Waals surface area contributed by atoms with Gasteiger partial charge in [-0.25, -0.2) is 4.79 Å². The number of hydrogen-bond acceptors (Lipinski definition) is 4. The van der Waals surface area contributed by atoms with Crippen molar-refractivity contribution in [2.75, 3.05) is 23.8 Å². The lowest BCUT2D eigenvalue weighted by atomic mass is 10.0. The van der Waals surface area contributed by atoms with Crippen molar-refractivity contribution in [3.05, 3.63) is 42.2 Å². The number of aromatic nitrogens is 1. The average Bonchev–Trinajstić information content (AvgIpc) is 3.11. The van der Waals surface area contributed by atoms with E-state index in [0.29, 0.717) is 24.5 Å². The van der Waals surface area contributed by atoms with E-state index >= 15 is 0 Å². The molecule has 0 bridgehead atoms. The Balaban J connectivity index is 1.68. The van der Waals surface area contributed by atoms with E-state index in [4.69, 9.17) is 4.52 Å². The molecule has 3 amide bonds. The van der Waals surface area contributed by atoms with Crippen molar-refractivity contribution in [3.63, 3.8) is 0 Å². The number of likely N-dealkylation sites (N-methyl/N-ethyl adjacent to an activating group) is 1. The van der Waals surface area contributed by atoms with Crippen LogP contribution in [0.4, 0.5) is 16.3 Å². The number of anilines is 2. The summed E-state index contributed by atoms with van der Waals surface area (Å²) in [5.74, 6) is 1.18. The van der Waals surface area contributed by atoms with Gasteiger partial charge in [-0.05, 0) is 25.0 Å². The smallest absolute Gasteiger partial charge is 0.323 e. The molecule has 1 unspecified atom stereocenters. The van der Waals surface area contributed by atoms with Gasteiger partial charge < -0.3 is 14.3 Å². The molecule has 0 spiro atoms. The molecular formula is C19H24N4O3. The second-order valence-corrected chi connectivity index (χ2v) is 6.79. The van der Waals surface area contributed by atoms with Gasteiger partial charge in [-0.2, -0.15) is 0 Å². The summed E-state index contributed by atoms with van der Waals surface area (Å²) in [6.45, 7) is 4.63. The molecular weight excluding hydrogens is 332 g/mol. The van der Waals surface area contributed by atoms with Gasteiger partial charge in [0.05, 0.1) is 0 Å². The first-order valence-electron chi connectivity index (χ1n) is 8.84. The molecule has 1 aromatic heterocycles. The fraction of sp³-hybridized carbons (Fsp3) is 0.421. The zero-order valence-electron chi connectivity index (χ0n) is 15.3. The summed E-state index contributed by atoms with van der Waals surface area (Å²) in [5, 5.41) is 6.56. The molecule has 0 aliphatic carbocycles. The van der Waals surface area contributed by atoms with Gasteiger partial charge in [0.25, 0.3) is 0 Å². The number of amides is 3. The first-order valence-corrected chi connectivity index (χ1v) is 8.84. The van der Waals surface area contributed by atoms with Crippen molar-refractivity contribution >= 4 is 23.4 Å². The van der Waals surface area contributed by atoms with Crippen LogP contribution in [0.25, 0.3) is 0 Å². The Morgan fingerprint density at radius 3 is 2.73 bits per heavy atom. The molecule has 26 heavy (non-hydrogen) atoms. The number of nitrogens with zero attached hydrogens (tertiary/aromatic N) is 3. The Morgan fingerprint density at radius 1 is 1.35 bits per heavy atom. The molecule has 7 nitrogen and oxygen atoms in total. The van der Waals surface area contributed by atoms with Gasteiger partial charge in [0.2, 0.25) is 5.91 Å². The van der Waals surface area contributed by atoms with Crippen LogP contribution in [0.5, 0.6) is 0 Å². The first kappa shape index (κ1) is 18.0. The Bertz CT molecular complexity index is 772. The number of carbonyl (C=O) groups excluding carboxylic acids is 2. The van der Waals surface area contributed by atoms with E-state index in [9.17, 15) is 9.59 Å². The number of rotatable bonds is 4. The van der Waals surface area contributed by atoms with Gasteiger partial charge in [-0.15, -0.1) is 0 Å². The lowest BCUT2D eigenvalue weighted by Gasteiger charge is -2.36. The van der Waals surface area contributed by atoms with Crippen LogP contribution in [0.1, 0.15) is 38.4 Å². The molecule has 2 aromatic rings. The largest absolute Gasteiger partial charge is 0.359 e. The third kappa shape index (κ3) is 3.71. The van der Waals surface area contributed by atoms with Crippen LogP contribution in [0.15, 0.2) is 40.9 Å². The lowest BCUT2D eigenvalue weighted by Crippen LogP contribution is -2.54. The van der Waals surface area contributed by atoms with Crippen LogP contribution in [0, 0.1) is 0 Å². The summed E-state index contributed by atoms with van der Waals surface area (Å²) in [7, 11) is 1.63. The van der Waals surface area contributed by atoms with E-state index in [1.807, 2.05) is 44.2 Å². The highest BCUT2D eigenvalue weighted by atomic mass is 16.5. The molecule has 3 rings (SSSR count). The molecule has 1 aromatic carbocycles. The number of nitrogens with one attached hydrogen (secondary N) is 1. The Morgan fingerprint density at radius 2 is 2.08 bits per heavy atom. The highest BCUT2D eigenvalue weighted by Crippen LogP contribution is 2.24. The molecule has 1 fully saturated rings. The van der Waals surface area contributed by atoms with Crippen molar-refractivity contribution in [3.8, 4) is 0 Å². The Hall–Kier alpha value is -2.83. The Kier molecular flexibility index (Phi) is 5.25. The highest BCUT2D eigenvalue weighted by Gasteiger charge is 2.34. The zero-order chi connectivity index (χ0) is 18.7. The number of piperidine rings is 1. The van der Waals surface area contributed by atoms with Crippen LogP contribution < -0.4 is 10.2 Å². The molecule has 1 saturated heterocycles. The van der Waals surface area contributed by atoms with Gasteiger partial charge in [0, 0.05) is 31.3 Å². The van der Waals surface area contributed by atoms with Crippen LogP contribution in [0.2, 0.25) is 0 Å². The Labute approximate surface area is 152 Å². The molecule has 7 heteroatoms. The molecule has 1 atom stereocenters. The number of urea groups is 1. The van der Waals surface area contributed by atoms with E-state index < -0.39 is 6.04 Å². The average molecular weight is 356 g/mol.